The summed E-state index contributed by atoms with van der Waals surface area (Å²) in [5.74, 6) is -3.97. The fraction of sp³-hybridized carbons (Fsp3) is 0.500. The zero-order valence-corrected chi connectivity index (χ0v) is 17.1. The molecule has 2 unspecified atom stereocenters. The summed E-state index contributed by atoms with van der Waals surface area (Å²) in [5.41, 5.74) is 0.530. The second-order valence-electron chi connectivity index (χ2n) is 7.42. The van der Waals surface area contributed by atoms with E-state index in [1.807, 2.05) is 0 Å². The van der Waals surface area contributed by atoms with Crippen LogP contribution in [0.15, 0.2) is 16.9 Å². The summed E-state index contributed by atoms with van der Waals surface area (Å²) < 4.78 is 45.0. The van der Waals surface area contributed by atoms with Crippen LogP contribution in [0.25, 0.3) is 0 Å². The normalized spacial score (nSPS) is 23.2. The lowest BCUT2D eigenvalue weighted by Crippen LogP contribution is -2.45. The van der Waals surface area contributed by atoms with Gasteiger partial charge in [0, 0.05) is 37.2 Å². The predicted octanol–water partition coefficient (Wildman–Crippen LogP) is 3.40. The van der Waals surface area contributed by atoms with E-state index in [-0.39, 0.29) is 41.5 Å². The number of hydrogen-bond donors (Lipinski definition) is 2. The number of aromatic nitrogens is 3. The zero-order valence-electron chi connectivity index (χ0n) is 15.5. The quantitative estimate of drug-likeness (QED) is 0.621. The molecule has 0 bridgehead atoms. The van der Waals surface area contributed by atoms with Crippen molar-refractivity contribution in [2.75, 3.05) is 5.32 Å². The molecule has 2 aliphatic heterocycles. The first kappa shape index (κ1) is 20.1. The monoisotopic (exact) mass is 473 g/mol. The maximum absolute atomic E-state index is 14.8. The average molecular weight is 474 g/mol. The molecule has 2 N–H and O–H groups in total. The van der Waals surface area contributed by atoms with Crippen molar-refractivity contribution in [2.24, 2.45) is 0 Å². The van der Waals surface area contributed by atoms with Crippen LogP contribution in [0, 0.1) is 5.82 Å². The number of fused-ring (bicyclic) bond motifs is 3. The highest BCUT2D eigenvalue weighted by Gasteiger charge is 2.45. The lowest BCUT2D eigenvalue weighted by Gasteiger charge is -2.33. The summed E-state index contributed by atoms with van der Waals surface area (Å²) in [6.45, 7) is 1.90. The van der Waals surface area contributed by atoms with Crippen LogP contribution in [0.4, 0.5) is 23.7 Å². The maximum Gasteiger partial charge on any atom is 0.322 e. The molecule has 2 aromatic heterocycles. The van der Waals surface area contributed by atoms with Crippen LogP contribution < -0.4 is 5.32 Å². The number of carbonyl (C=O) groups is 1. The minimum atomic E-state index is -3.25. The van der Waals surface area contributed by atoms with Crippen LogP contribution >= 0.6 is 15.9 Å². The summed E-state index contributed by atoms with van der Waals surface area (Å²) in [6.07, 6.45) is 0.0493. The van der Waals surface area contributed by atoms with Crippen molar-refractivity contribution in [2.45, 2.75) is 57.3 Å². The van der Waals surface area contributed by atoms with E-state index in [1.54, 1.807) is 6.92 Å². The van der Waals surface area contributed by atoms with Crippen molar-refractivity contribution in [1.82, 2.24) is 19.7 Å². The number of aryl methyl sites for hydroxylation is 1. The number of hydrogen-bond acceptors (Lipinski definition) is 4. The fourth-order valence-electron chi connectivity index (χ4n) is 3.91. The number of anilines is 1. The Labute approximate surface area is 173 Å². The predicted molar refractivity (Wildman–Crippen MR) is 101 cm³/mol. The van der Waals surface area contributed by atoms with E-state index in [1.165, 1.54) is 21.8 Å². The molecule has 0 saturated carbocycles. The molecule has 7 nitrogen and oxygen atoms in total. The van der Waals surface area contributed by atoms with Gasteiger partial charge in [0.25, 0.3) is 5.92 Å². The Morgan fingerprint density at radius 2 is 2.21 bits per heavy atom. The zero-order chi connectivity index (χ0) is 20.9. The van der Waals surface area contributed by atoms with Gasteiger partial charge in [-0.1, -0.05) is 0 Å². The molecule has 156 valence electrons. The summed E-state index contributed by atoms with van der Waals surface area (Å²) in [7, 11) is 0. The van der Waals surface area contributed by atoms with E-state index in [4.69, 9.17) is 0 Å². The van der Waals surface area contributed by atoms with Crippen LogP contribution in [0.1, 0.15) is 36.7 Å². The van der Waals surface area contributed by atoms with Gasteiger partial charge in [0.05, 0.1) is 24.0 Å². The Balaban J connectivity index is 1.64. The van der Waals surface area contributed by atoms with Gasteiger partial charge in [-0.2, -0.15) is 13.9 Å². The van der Waals surface area contributed by atoms with Crippen molar-refractivity contribution in [3.63, 3.8) is 0 Å². The van der Waals surface area contributed by atoms with Gasteiger partial charge in [-0.05, 0) is 35.3 Å². The minimum Gasteiger partial charge on any atom is -0.393 e. The van der Waals surface area contributed by atoms with Crippen molar-refractivity contribution in [3.8, 4) is 0 Å². The number of nitrogens with one attached hydrogen (secondary N) is 1. The van der Waals surface area contributed by atoms with Gasteiger partial charge in [-0.3, -0.25) is 4.68 Å². The highest BCUT2D eigenvalue weighted by Crippen LogP contribution is 2.41. The van der Waals surface area contributed by atoms with Gasteiger partial charge in [0.15, 0.2) is 5.82 Å². The Bertz CT molecular complexity index is 967. The van der Waals surface area contributed by atoms with E-state index in [9.17, 15) is 23.1 Å². The van der Waals surface area contributed by atoms with E-state index in [2.05, 4.69) is 31.3 Å². The van der Waals surface area contributed by atoms with Crippen molar-refractivity contribution < 1.29 is 23.1 Å². The number of aliphatic hydroxyl groups excluding tert-OH is 1. The topological polar surface area (TPSA) is 83.3 Å². The van der Waals surface area contributed by atoms with Crippen molar-refractivity contribution >= 4 is 27.6 Å². The van der Waals surface area contributed by atoms with Gasteiger partial charge in [0.2, 0.25) is 0 Å². The number of aliphatic hydroxyl groups is 1. The van der Waals surface area contributed by atoms with Crippen LogP contribution in [-0.4, -0.2) is 42.9 Å². The number of pyridine rings is 1. The number of amides is 2. The molecular formula is C18H19BrF3N5O2. The molecular weight excluding hydrogens is 455 g/mol. The number of nitrogens with zero attached hydrogens (tertiary/aromatic N) is 4. The number of alkyl halides is 2. The van der Waals surface area contributed by atoms with Crippen LogP contribution in [0.2, 0.25) is 0 Å². The summed E-state index contributed by atoms with van der Waals surface area (Å²) in [6, 6.07) is 0.408. The fourth-order valence-corrected chi connectivity index (χ4v) is 4.24. The van der Waals surface area contributed by atoms with Crippen molar-refractivity contribution in [3.05, 3.63) is 39.6 Å². The Hall–Kier alpha value is -2.14. The van der Waals surface area contributed by atoms with Crippen LogP contribution in [-0.2, 0) is 25.4 Å². The maximum atomic E-state index is 14.8. The Morgan fingerprint density at radius 1 is 1.45 bits per heavy atom. The van der Waals surface area contributed by atoms with Gasteiger partial charge in [-0.15, -0.1) is 0 Å². The Morgan fingerprint density at radius 3 is 2.97 bits per heavy atom. The van der Waals surface area contributed by atoms with E-state index in [0.29, 0.717) is 17.7 Å². The molecule has 29 heavy (non-hydrogen) atoms. The molecule has 4 rings (SSSR count). The van der Waals surface area contributed by atoms with E-state index < -0.39 is 30.3 Å². The molecule has 0 aromatic carbocycles. The first-order chi connectivity index (χ1) is 13.7. The number of rotatable bonds is 1. The molecule has 0 saturated heterocycles. The van der Waals surface area contributed by atoms with Gasteiger partial charge < -0.3 is 15.3 Å². The summed E-state index contributed by atoms with van der Waals surface area (Å²) >= 11 is 2.96. The third-order valence-corrected chi connectivity index (χ3v) is 5.90. The van der Waals surface area contributed by atoms with Gasteiger partial charge in [-0.25, -0.2) is 14.2 Å². The highest BCUT2D eigenvalue weighted by atomic mass is 79.9. The molecule has 2 amide bonds. The molecule has 2 aromatic rings. The first-order valence-corrected chi connectivity index (χ1v) is 9.99. The molecule has 11 heteroatoms. The van der Waals surface area contributed by atoms with Crippen LogP contribution in [0.5, 0.6) is 0 Å². The first-order valence-electron chi connectivity index (χ1n) is 9.20. The van der Waals surface area contributed by atoms with E-state index >= 15 is 0 Å². The second-order valence-corrected chi connectivity index (χ2v) is 8.17. The van der Waals surface area contributed by atoms with E-state index in [0.717, 1.165) is 0 Å². The molecule has 2 atom stereocenters. The van der Waals surface area contributed by atoms with Gasteiger partial charge >= 0.3 is 6.03 Å². The standard InChI is InChI=1S/C18H19BrF3N5O2/c1-9-6-13-11(15-18(21,22)7-10(28)3-5-27(15)25-13)8-26(9)17(29)24-12-2-4-23-16(19)14(12)20/h2,4,9-10,28H,3,5-8H2,1H3,(H,23,24,29). The molecule has 0 spiro atoms. The average Bonchev–Trinajstić information content (AvgIpc) is 2.95. The van der Waals surface area contributed by atoms with Crippen LogP contribution in [0.3, 0.4) is 0 Å². The highest BCUT2D eigenvalue weighted by molar-refractivity contribution is 9.10. The number of urea groups is 1. The SMILES string of the molecule is CC1Cc2nn3c(c2CN1C(=O)Nc1ccnc(Br)c1F)C(F)(F)CC(O)CC3. The largest absolute Gasteiger partial charge is 0.393 e. The number of carbonyl (C=O) groups excluding carboxylic acids is 1. The minimum absolute atomic E-state index is 0.0376. The molecule has 2 aliphatic rings. The summed E-state index contributed by atoms with van der Waals surface area (Å²) in [5, 5.41) is 16.6. The molecule has 0 fully saturated rings. The lowest BCUT2D eigenvalue weighted by molar-refractivity contribution is -0.0509. The lowest BCUT2D eigenvalue weighted by atomic mass is 9.96. The van der Waals surface area contributed by atoms with Crippen molar-refractivity contribution in [1.29, 1.82) is 0 Å². The molecule has 0 radical (unpaired) electrons. The number of halogens is 4. The smallest absolute Gasteiger partial charge is 0.322 e. The third kappa shape index (κ3) is 3.61. The van der Waals surface area contributed by atoms with Gasteiger partial charge in [0.1, 0.15) is 10.3 Å². The third-order valence-electron chi connectivity index (χ3n) is 5.34. The summed E-state index contributed by atoms with van der Waals surface area (Å²) in [4.78, 5) is 17.9. The molecule has 4 heterocycles. The second kappa shape index (κ2) is 7.28. The molecule has 0 aliphatic carbocycles. The Kier molecular flexibility index (Phi) is 5.06.